The van der Waals surface area contributed by atoms with E-state index in [2.05, 4.69) is 19.9 Å². The molecule has 0 heterocycles. The van der Waals surface area contributed by atoms with Gasteiger partial charge in [-0.3, -0.25) is 0 Å². The van der Waals surface area contributed by atoms with Crippen molar-refractivity contribution in [2.45, 2.75) is 48.0 Å². The van der Waals surface area contributed by atoms with Gasteiger partial charge in [0.25, 0.3) is 0 Å². The van der Waals surface area contributed by atoms with Crippen molar-refractivity contribution in [3.63, 3.8) is 0 Å². The first-order chi connectivity index (χ1) is 7.56. The summed E-state index contributed by atoms with van der Waals surface area (Å²) >= 11 is 0. The van der Waals surface area contributed by atoms with Crippen LogP contribution < -0.4 is 0 Å². The second-order valence-corrected chi connectivity index (χ2v) is 3.75. The highest BCUT2D eigenvalue weighted by atomic mass is 16.3. The van der Waals surface area contributed by atoms with Gasteiger partial charge in [-0.1, -0.05) is 26.8 Å². The van der Waals surface area contributed by atoms with Crippen LogP contribution in [0.4, 0.5) is 0 Å². The fourth-order valence-corrected chi connectivity index (χ4v) is 1.54. The van der Waals surface area contributed by atoms with Crippen molar-refractivity contribution < 1.29 is 5.11 Å². The standard InChI is InChI=1S/C13H18O.C2H6/c1-5-6-13(14)12-8-10(3)9(2)7-11(12)4;1-2/h6-8,14H,5H2,1-4H3;1-2H3/b13-6+;. The third-order valence-electron chi connectivity index (χ3n) is 2.51. The summed E-state index contributed by atoms with van der Waals surface area (Å²) in [6.45, 7) is 12.2. The van der Waals surface area contributed by atoms with Crippen molar-refractivity contribution in [1.82, 2.24) is 0 Å². The number of hydrogen-bond donors (Lipinski definition) is 1. The molecular weight excluding hydrogens is 196 g/mol. The Hall–Kier alpha value is -1.24. The van der Waals surface area contributed by atoms with Crippen molar-refractivity contribution >= 4 is 5.76 Å². The van der Waals surface area contributed by atoms with E-state index in [9.17, 15) is 5.11 Å². The quantitative estimate of drug-likeness (QED) is 0.699. The van der Waals surface area contributed by atoms with Gasteiger partial charge in [0.1, 0.15) is 5.76 Å². The first-order valence-electron chi connectivity index (χ1n) is 6.03. The van der Waals surface area contributed by atoms with Gasteiger partial charge in [0.2, 0.25) is 0 Å². The van der Waals surface area contributed by atoms with E-state index in [1.807, 2.05) is 39.8 Å². The highest BCUT2D eigenvalue weighted by molar-refractivity contribution is 5.63. The molecule has 0 atom stereocenters. The van der Waals surface area contributed by atoms with Gasteiger partial charge in [0.15, 0.2) is 0 Å². The molecule has 0 saturated heterocycles. The maximum Gasteiger partial charge on any atom is 0.119 e. The molecule has 0 aliphatic heterocycles. The van der Waals surface area contributed by atoms with Gasteiger partial charge in [0, 0.05) is 5.56 Å². The Morgan fingerprint density at radius 1 is 1.06 bits per heavy atom. The molecule has 1 aromatic rings. The lowest BCUT2D eigenvalue weighted by Gasteiger charge is -2.08. The van der Waals surface area contributed by atoms with Crippen LogP contribution in [-0.4, -0.2) is 5.11 Å². The summed E-state index contributed by atoms with van der Waals surface area (Å²) in [5.74, 6) is 0.396. The number of rotatable bonds is 2. The molecule has 1 N–H and O–H groups in total. The summed E-state index contributed by atoms with van der Waals surface area (Å²) in [4.78, 5) is 0. The van der Waals surface area contributed by atoms with Gasteiger partial charge >= 0.3 is 0 Å². The zero-order valence-corrected chi connectivity index (χ0v) is 11.4. The molecular formula is C15H24O. The van der Waals surface area contributed by atoms with Crippen LogP contribution in [-0.2, 0) is 0 Å². The number of aryl methyl sites for hydroxylation is 3. The average molecular weight is 220 g/mol. The highest BCUT2D eigenvalue weighted by Gasteiger charge is 2.04. The van der Waals surface area contributed by atoms with E-state index in [0.29, 0.717) is 5.76 Å². The van der Waals surface area contributed by atoms with Crippen LogP contribution in [0.2, 0.25) is 0 Å². The Morgan fingerprint density at radius 2 is 1.56 bits per heavy atom. The van der Waals surface area contributed by atoms with E-state index >= 15 is 0 Å². The summed E-state index contributed by atoms with van der Waals surface area (Å²) in [5.41, 5.74) is 4.59. The molecule has 1 heteroatoms. The predicted molar refractivity (Wildman–Crippen MR) is 72.9 cm³/mol. The first-order valence-corrected chi connectivity index (χ1v) is 6.03. The van der Waals surface area contributed by atoms with Gasteiger partial charge in [-0.25, -0.2) is 0 Å². The second kappa shape index (κ2) is 7.10. The van der Waals surface area contributed by atoms with Crippen molar-refractivity contribution in [3.8, 4) is 0 Å². The van der Waals surface area contributed by atoms with Crippen LogP contribution >= 0.6 is 0 Å². The molecule has 0 fully saturated rings. The normalized spacial score (nSPS) is 10.8. The van der Waals surface area contributed by atoms with Gasteiger partial charge in [-0.2, -0.15) is 0 Å². The van der Waals surface area contributed by atoms with Crippen molar-refractivity contribution in [1.29, 1.82) is 0 Å². The van der Waals surface area contributed by atoms with E-state index in [0.717, 1.165) is 17.5 Å². The Kier molecular flexibility index (Phi) is 6.55. The summed E-state index contributed by atoms with van der Waals surface area (Å²) in [5, 5.41) is 9.78. The second-order valence-electron chi connectivity index (χ2n) is 3.75. The number of allylic oxidation sites excluding steroid dienone is 1. The Morgan fingerprint density at radius 3 is 2.06 bits per heavy atom. The molecule has 0 spiro atoms. The topological polar surface area (TPSA) is 20.2 Å². The molecule has 0 aromatic heterocycles. The average Bonchev–Trinajstić information content (AvgIpc) is 2.26. The summed E-state index contributed by atoms with van der Waals surface area (Å²) in [7, 11) is 0. The fourth-order valence-electron chi connectivity index (χ4n) is 1.54. The van der Waals surface area contributed by atoms with E-state index in [4.69, 9.17) is 0 Å². The SMILES string of the molecule is CC.CC/C=C(/O)c1cc(C)c(C)cc1C. The Balaban J connectivity index is 0.00000106. The third-order valence-corrected chi connectivity index (χ3v) is 2.51. The van der Waals surface area contributed by atoms with E-state index < -0.39 is 0 Å². The predicted octanol–water partition coefficient (Wildman–Crippen LogP) is 4.95. The third kappa shape index (κ3) is 3.73. The van der Waals surface area contributed by atoms with Gasteiger partial charge in [-0.05, 0) is 56.0 Å². The minimum atomic E-state index is 0.396. The minimum absolute atomic E-state index is 0.396. The van der Waals surface area contributed by atoms with E-state index in [1.54, 1.807) is 0 Å². The molecule has 0 radical (unpaired) electrons. The summed E-state index contributed by atoms with van der Waals surface area (Å²) in [6, 6.07) is 4.16. The van der Waals surface area contributed by atoms with E-state index in [-0.39, 0.29) is 0 Å². The van der Waals surface area contributed by atoms with Crippen LogP contribution in [0.1, 0.15) is 49.4 Å². The smallest absolute Gasteiger partial charge is 0.119 e. The maximum absolute atomic E-state index is 9.78. The van der Waals surface area contributed by atoms with Gasteiger partial charge in [-0.15, -0.1) is 0 Å². The number of hydrogen-bond acceptors (Lipinski definition) is 1. The number of aliphatic hydroxyl groups excluding tert-OH is 1. The molecule has 16 heavy (non-hydrogen) atoms. The van der Waals surface area contributed by atoms with Crippen LogP contribution in [0.5, 0.6) is 0 Å². The largest absolute Gasteiger partial charge is 0.508 e. The zero-order valence-electron chi connectivity index (χ0n) is 11.4. The zero-order chi connectivity index (χ0) is 12.7. The molecule has 1 aromatic carbocycles. The van der Waals surface area contributed by atoms with Crippen molar-refractivity contribution in [2.75, 3.05) is 0 Å². The lowest BCUT2D eigenvalue weighted by atomic mass is 9.99. The van der Waals surface area contributed by atoms with Crippen LogP contribution in [0, 0.1) is 20.8 Å². The summed E-state index contributed by atoms with van der Waals surface area (Å²) < 4.78 is 0. The van der Waals surface area contributed by atoms with Gasteiger partial charge in [0.05, 0.1) is 0 Å². The molecule has 0 saturated carbocycles. The molecule has 1 rings (SSSR count). The number of benzene rings is 1. The molecule has 0 amide bonds. The van der Waals surface area contributed by atoms with Crippen molar-refractivity contribution in [3.05, 3.63) is 40.5 Å². The molecule has 0 aliphatic rings. The lowest BCUT2D eigenvalue weighted by molar-refractivity contribution is 0.509. The number of aliphatic hydroxyl groups is 1. The minimum Gasteiger partial charge on any atom is -0.508 e. The van der Waals surface area contributed by atoms with E-state index in [1.165, 1.54) is 11.1 Å². The highest BCUT2D eigenvalue weighted by Crippen LogP contribution is 2.21. The maximum atomic E-state index is 9.78. The molecule has 0 aliphatic carbocycles. The molecule has 0 bridgehead atoms. The Bertz CT molecular complexity index is 362. The fraction of sp³-hybridized carbons (Fsp3) is 0.467. The lowest BCUT2D eigenvalue weighted by Crippen LogP contribution is -1.92. The van der Waals surface area contributed by atoms with Gasteiger partial charge < -0.3 is 5.11 Å². The summed E-state index contributed by atoms with van der Waals surface area (Å²) in [6.07, 6.45) is 2.70. The van der Waals surface area contributed by atoms with Crippen LogP contribution in [0.25, 0.3) is 5.76 Å². The molecule has 90 valence electrons. The monoisotopic (exact) mass is 220 g/mol. The van der Waals surface area contributed by atoms with Crippen molar-refractivity contribution in [2.24, 2.45) is 0 Å². The van der Waals surface area contributed by atoms with Crippen LogP contribution in [0.15, 0.2) is 18.2 Å². The first kappa shape index (κ1) is 14.8. The van der Waals surface area contributed by atoms with Crippen LogP contribution in [0.3, 0.4) is 0 Å². The Labute approximate surface area is 99.8 Å². The molecule has 0 unspecified atom stereocenters. The molecule has 1 nitrogen and oxygen atoms in total.